The van der Waals surface area contributed by atoms with E-state index in [1.807, 2.05) is 17.9 Å². The maximum absolute atomic E-state index is 12.3. The number of carbonyl (C=O) groups excluding carboxylic acids is 1. The summed E-state index contributed by atoms with van der Waals surface area (Å²) >= 11 is 1.45. The van der Waals surface area contributed by atoms with Crippen LogP contribution >= 0.6 is 11.8 Å². The zero-order valence-electron chi connectivity index (χ0n) is 16.6. The number of anilines is 2. The first-order valence-corrected chi connectivity index (χ1v) is 12.7. The van der Waals surface area contributed by atoms with E-state index >= 15 is 0 Å². The molecule has 0 spiro atoms. The van der Waals surface area contributed by atoms with Gasteiger partial charge in [-0.15, -0.1) is 0 Å². The number of hydrogen-bond donors (Lipinski definition) is 0. The predicted molar refractivity (Wildman–Crippen MR) is 116 cm³/mol. The molecule has 2 aliphatic heterocycles. The van der Waals surface area contributed by atoms with Gasteiger partial charge in [-0.3, -0.25) is 4.79 Å². The van der Waals surface area contributed by atoms with Crippen molar-refractivity contribution in [1.82, 2.24) is 0 Å². The summed E-state index contributed by atoms with van der Waals surface area (Å²) < 4.78 is 24.4. The van der Waals surface area contributed by atoms with Crippen LogP contribution in [0, 0.1) is 12.8 Å². The van der Waals surface area contributed by atoms with Crippen LogP contribution in [0.1, 0.15) is 32.3 Å². The van der Waals surface area contributed by atoms with E-state index < -0.39 is 9.84 Å². The molecule has 2 heterocycles. The van der Waals surface area contributed by atoms with Crippen LogP contribution in [0.3, 0.4) is 0 Å². The Bertz CT molecular complexity index is 921. The molecule has 152 valence electrons. The lowest BCUT2D eigenvalue weighted by Crippen LogP contribution is -2.38. The lowest BCUT2D eigenvalue weighted by molar-refractivity contribution is -0.118. The van der Waals surface area contributed by atoms with Gasteiger partial charge >= 0.3 is 0 Å². The number of benzene rings is 1. The van der Waals surface area contributed by atoms with Gasteiger partial charge in [0.15, 0.2) is 15.0 Å². The fraction of sp³-hybridized carbons (Fsp3) is 0.600. The molecule has 1 aromatic rings. The van der Waals surface area contributed by atoms with E-state index in [4.69, 9.17) is 0 Å². The number of rotatable bonds is 5. The molecule has 28 heavy (non-hydrogen) atoms. The molecule has 3 aliphatic rings. The lowest BCUT2D eigenvalue weighted by Gasteiger charge is -2.28. The van der Waals surface area contributed by atoms with Gasteiger partial charge in [-0.05, 0) is 57.4 Å². The molecule has 1 aromatic carbocycles. The van der Waals surface area contributed by atoms with Crippen LogP contribution < -0.4 is 9.80 Å². The number of sulfone groups is 1. The molecule has 0 N–H and O–H groups in total. The van der Waals surface area contributed by atoms with Crippen molar-refractivity contribution in [2.45, 2.75) is 44.9 Å². The Hall–Kier alpha value is -1.54. The molecule has 2 saturated heterocycles. The van der Waals surface area contributed by atoms with Gasteiger partial charge in [-0.1, -0.05) is 11.8 Å². The largest absolute Gasteiger partial charge is 0.372 e. The fourth-order valence-corrected chi connectivity index (χ4v) is 7.97. The molecule has 4 rings (SSSR count). The van der Waals surface area contributed by atoms with Crippen LogP contribution in [-0.4, -0.2) is 55.4 Å². The van der Waals surface area contributed by atoms with Crippen LogP contribution in [0.2, 0.25) is 0 Å². The Balaban J connectivity index is 1.71. The molecule has 0 aromatic heterocycles. The number of hydrogen-bond acceptors (Lipinski definition) is 5. The molecule has 6 nitrogen and oxygen atoms in total. The van der Waals surface area contributed by atoms with Crippen LogP contribution in [0.4, 0.5) is 11.4 Å². The summed E-state index contributed by atoms with van der Waals surface area (Å²) in [5.41, 5.74) is 3.18. The third kappa shape index (κ3) is 3.68. The van der Waals surface area contributed by atoms with Crippen molar-refractivity contribution in [2.75, 3.05) is 34.4 Å². The van der Waals surface area contributed by atoms with Gasteiger partial charge in [0.1, 0.15) is 0 Å². The molecular weight excluding hydrogens is 394 g/mol. The Kier molecular flexibility index (Phi) is 5.20. The third-order valence-corrected chi connectivity index (χ3v) is 8.98. The zero-order chi connectivity index (χ0) is 20.1. The Labute approximate surface area is 171 Å². The average Bonchev–Trinajstić information content (AvgIpc) is 3.38. The van der Waals surface area contributed by atoms with Crippen LogP contribution in [0.15, 0.2) is 23.2 Å². The summed E-state index contributed by atoms with van der Waals surface area (Å²) in [6.45, 7) is 8.17. The number of amidine groups is 1. The molecule has 0 radical (unpaired) electrons. The van der Waals surface area contributed by atoms with Crippen molar-refractivity contribution in [2.24, 2.45) is 10.9 Å². The van der Waals surface area contributed by atoms with E-state index in [1.54, 1.807) is 0 Å². The highest BCUT2D eigenvalue weighted by Crippen LogP contribution is 2.43. The average molecular weight is 422 g/mol. The molecule has 3 fully saturated rings. The lowest BCUT2D eigenvalue weighted by atomic mass is 10.1. The first kappa shape index (κ1) is 19.8. The van der Waals surface area contributed by atoms with Gasteiger partial charge in [-0.2, -0.15) is 4.99 Å². The Morgan fingerprint density at radius 3 is 2.57 bits per heavy atom. The molecule has 2 atom stereocenters. The van der Waals surface area contributed by atoms with Gasteiger partial charge in [0, 0.05) is 35.6 Å². The van der Waals surface area contributed by atoms with E-state index in [9.17, 15) is 13.2 Å². The van der Waals surface area contributed by atoms with Crippen molar-refractivity contribution in [3.8, 4) is 0 Å². The van der Waals surface area contributed by atoms with Gasteiger partial charge in [0.25, 0.3) is 5.91 Å². The molecule has 0 unspecified atom stereocenters. The number of aryl methyl sites for hydroxylation is 1. The molecule has 1 amide bonds. The number of fused-ring (bicyclic) bond motifs is 1. The SMILES string of the molecule is CCN(CC)c1ccc(N2C(=NC(=O)C3CC3)S[C@@H]3CS(=O)(=O)C[C@H]32)c(C)c1. The van der Waals surface area contributed by atoms with Gasteiger partial charge < -0.3 is 9.80 Å². The molecule has 0 bridgehead atoms. The molecule has 1 aliphatic carbocycles. The smallest absolute Gasteiger partial charge is 0.251 e. The second-order valence-electron chi connectivity index (χ2n) is 7.82. The minimum absolute atomic E-state index is 0.0578. The summed E-state index contributed by atoms with van der Waals surface area (Å²) in [5, 5.41) is 0.609. The van der Waals surface area contributed by atoms with E-state index in [-0.39, 0.29) is 34.6 Å². The van der Waals surface area contributed by atoms with E-state index in [2.05, 4.69) is 35.9 Å². The van der Waals surface area contributed by atoms with Gasteiger partial charge in [0.05, 0.1) is 17.5 Å². The monoisotopic (exact) mass is 421 g/mol. The zero-order valence-corrected chi connectivity index (χ0v) is 18.2. The minimum atomic E-state index is -3.06. The standard InChI is InChI=1S/C20H27N3O3S2/c1-4-22(5-2)15-8-9-16(13(3)10-15)23-17-11-28(25,26)12-18(17)27-20(23)21-19(24)14-6-7-14/h8-10,14,17-18H,4-7,11-12H2,1-3H3/t17-,18-/m1/s1. The van der Waals surface area contributed by atoms with Crippen LogP contribution in [0.5, 0.6) is 0 Å². The summed E-state index contributed by atoms with van der Waals surface area (Å²) in [5.74, 6) is 0.280. The van der Waals surface area contributed by atoms with Crippen molar-refractivity contribution >= 4 is 44.0 Å². The second kappa shape index (κ2) is 7.37. The second-order valence-corrected chi connectivity index (χ2v) is 11.2. The highest BCUT2D eigenvalue weighted by Gasteiger charge is 2.50. The highest BCUT2D eigenvalue weighted by atomic mass is 32.2. The van der Waals surface area contributed by atoms with E-state index in [0.717, 1.165) is 42.9 Å². The number of nitrogens with zero attached hydrogens (tertiary/aromatic N) is 3. The van der Waals surface area contributed by atoms with E-state index in [1.165, 1.54) is 11.8 Å². The Morgan fingerprint density at radius 2 is 1.96 bits per heavy atom. The molecule has 1 saturated carbocycles. The van der Waals surface area contributed by atoms with Crippen molar-refractivity contribution in [1.29, 1.82) is 0 Å². The number of amides is 1. The maximum Gasteiger partial charge on any atom is 0.251 e. The highest BCUT2D eigenvalue weighted by molar-refractivity contribution is 8.16. The molecule has 8 heteroatoms. The van der Waals surface area contributed by atoms with Crippen molar-refractivity contribution < 1.29 is 13.2 Å². The van der Waals surface area contributed by atoms with Gasteiger partial charge in [0.2, 0.25) is 0 Å². The van der Waals surface area contributed by atoms with Crippen LogP contribution in [-0.2, 0) is 14.6 Å². The quantitative estimate of drug-likeness (QED) is 0.728. The maximum atomic E-state index is 12.3. The topological polar surface area (TPSA) is 70.0 Å². The van der Waals surface area contributed by atoms with Crippen molar-refractivity contribution in [3.63, 3.8) is 0 Å². The molecular formula is C20H27N3O3S2. The summed E-state index contributed by atoms with van der Waals surface area (Å²) in [4.78, 5) is 21.1. The minimum Gasteiger partial charge on any atom is -0.372 e. The summed E-state index contributed by atoms with van der Waals surface area (Å²) in [7, 11) is -3.06. The summed E-state index contributed by atoms with van der Waals surface area (Å²) in [6.07, 6.45) is 1.83. The number of thioether (sulfide) groups is 1. The third-order valence-electron chi connectivity index (χ3n) is 5.77. The van der Waals surface area contributed by atoms with Crippen LogP contribution in [0.25, 0.3) is 0 Å². The predicted octanol–water partition coefficient (Wildman–Crippen LogP) is 2.85. The number of aliphatic imine (C=N–C) groups is 1. The van der Waals surface area contributed by atoms with Gasteiger partial charge in [-0.25, -0.2) is 8.42 Å². The van der Waals surface area contributed by atoms with Crippen molar-refractivity contribution in [3.05, 3.63) is 23.8 Å². The number of carbonyl (C=O) groups is 1. The first-order valence-electron chi connectivity index (χ1n) is 9.97. The Morgan fingerprint density at radius 1 is 1.25 bits per heavy atom. The normalized spacial score (nSPS) is 27.2. The van der Waals surface area contributed by atoms with E-state index in [0.29, 0.717) is 5.17 Å². The first-order chi connectivity index (χ1) is 13.3. The fourth-order valence-electron chi connectivity index (χ4n) is 4.06. The summed E-state index contributed by atoms with van der Waals surface area (Å²) in [6, 6.07) is 6.12.